The minimum atomic E-state index is -1.01. The van der Waals surface area contributed by atoms with Crippen LogP contribution in [0.15, 0.2) is 24.3 Å². The number of esters is 1. The van der Waals surface area contributed by atoms with Crippen LogP contribution in [0.4, 0.5) is 0 Å². The maximum atomic E-state index is 11.0. The number of aliphatic carboxylic acids is 1. The number of benzene rings is 1. The molecule has 5 heteroatoms. The second-order valence-corrected chi connectivity index (χ2v) is 4.24. The maximum absolute atomic E-state index is 11.0. The average Bonchev–Trinajstić information content (AvgIpc) is 2.42. The first-order valence-corrected chi connectivity index (χ1v) is 6.24. The molecule has 0 saturated heterocycles. The Labute approximate surface area is 117 Å². The molecule has 0 heterocycles. The molecule has 0 unspecified atom stereocenters. The third kappa shape index (κ3) is 5.56. The Balaban J connectivity index is 2.64. The van der Waals surface area contributed by atoms with Crippen molar-refractivity contribution in [1.82, 2.24) is 0 Å². The SMILES string of the molecule is COC(=O)CCCOc1ccc(C)cc1C=CC(=O)O. The molecule has 108 valence electrons. The summed E-state index contributed by atoms with van der Waals surface area (Å²) < 4.78 is 10.1. The van der Waals surface area contributed by atoms with Crippen LogP contribution >= 0.6 is 0 Å². The van der Waals surface area contributed by atoms with Crippen LogP contribution in [0.3, 0.4) is 0 Å². The lowest BCUT2D eigenvalue weighted by molar-refractivity contribution is -0.140. The topological polar surface area (TPSA) is 72.8 Å². The molecule has 0 fully saturated rings. The summed E-state index contributed by atoms with van der Waals surface area (Å²) in [5, 5.41) is 8.66. The highest BCUT2D eigenvalue weighted by Crippen LogP contribution is 2.21. The van der Waals surface area contributed by atoms with E-state index in [1.165, 1.54) is 13.2 Å². The van der Waals surface area contributed by atoms with E-state index in [1.807, 2.05) is 19.1 Å². The largest absolute Gasteiger partial charge is 0.493 e. The van der Waals surface area contributed by atoms with Gasteiger partial charge < -0.3 is 14.6 Å². The summed E-state index contributed by atoms with van der Waals surface area (Å²) >= 11 is 0. The molecule has 0 radical (unpaired) electrons. The summed E-state index contributed by atoms with van der Waals surface area (Å²) in [5.74, 6) is -0.690. The Bertz CT molecular complexity index is 505. The predicted molar refractivity (Wildman–Crippen MR) is 74.6 cm³/mol. The zero-order chi connectivity index (χ0) is 15.0. The number of hydrogen-bond donors (Lipinski definition) is 1. The summed E-state index contributed by atoms with van der Waals surface area (Å²) in [4.78, 5) is 21.5. The van der Waals surface area contributed by atoms with Crippen LogP contribution in [0, 0.1) is 6.92 Å². The van der Waals surface area contributed by atoms with E-state index in [2.05, 4.69) is 4.74 Å². The maximum Gasteiger partial charge on any atom is 0.328 e. The van der Waals surface area contributed by atoms with Crippen LogP contribution in [-0.2, 0) is 14.3 Å². The highest BCUT2D eigenvalue weighted by Gasteiger charge is 2.04. The fourth-order valence-corrected chi connectivity index (χ4v) is 1.59. The van der Waals surface area contributed by atoms with Gasteiger partial charge in [-0.1, -0.05) is 11.6 Å². The highest BCUT2D eigenvalue weighted by atomic mass is 16.5. The van der Waals surface area contributed by atoms with Crippen molar-refractivity contribution in [3.05, 3.63) is 35.4 Å². The first-order valence-electron chi connectivity index (χ1n) is 6.24. The number of aryl methyl sites for hydroxylation is 1. The quantitative estimate of drug-likeness (QED) is 0.471. The third-order valence-electron chi connectivity index (χ3n) is 2.58. The summed E-state index contributed by atoms with van der Waals surface area (Å²) in [6.07, 6.45) is 3.40. The number of carbonyl (C=O) groups is 2. The van der Waals surface area contributed by atoms with E-state index < -0.39 is 5.97 Å². The molecule has 1 aromatic carbocycles. The molecule has 0 saturated carbocycles. The fraction of sp³-hybridized carbons (Fsp3) is 0.333. The van der Waals surface area contributed by atoms with Gasteiger partial charge in [-0.25, -0.2) is 4.79 Å². The van der Waals surface area contributed by atoms with E-state index in [9.17, 15) is 9.59 Å². The number of rotatable bonds is 7. The lowest BCUT2D eigenvalue weighted by Crippen LogP contribution is -2.05. The zero-order valence-electron chi connectivity index (χ0n) is 11.6. The molecule has 0 aliphatic rings. The van der Waals surface area contributed by atoms with E-state index in [1.54, 1.807) is 6.07 Å². The molecule has 0 bridgehead atoms. The summed E-state index contributed by atoms with van der Waals surface area (Å²) in [6.45, 7) is 2.28. The predicted octanol–water partition coefficient (Wildman–Crippen LogP) is 2.42. The van der Waals surface area contributed by atoms with Gasteiger partial charge in [0.2, 0.25) is 0 Å². The molecule has 1 N–H and O–H groups in total. The molecule has 20 heavy (non-hydrogen) atoms. The molecule has 1 aromatic rings. The minimum absolute atomic E-state index is 0.275. The lowest BCUT2D eigenvalue weighted by Gasteiger charge is -2.09. The number of carboxylic acid groups (broad SMARTS) is 1. The molecule has 0 spiro atoms. The molecule has 1 rings (SSSR count). The van der Waals surface area contributed by atoms with Crippen molar-refractivity contribution in [2.75, 3.05) is 13.7 Å². The second kappa shape index (κ2) is 7.99. The van der Waals surface area contributed by atoms with E-state index in [0.717, 1.165) is 11.6 Å². The van der Waals surface area contributed by atoms with Crippen molar-refractivity contribution in [3.8, 4) is 5.75 Å². The van der Waals surface area contributed by atoms with Gasteiger partial charge in [-0.3, -0.25) is 4.79 Å². The van der Waals surface area contributed by atoms with Crippen molar-refractivity contribution in [2.24, 2.45) is 0 Å². The molecule has 0 aromatic heterocycles. The Morgan fingerprint density at radius 2 is 2.10 bits per heavy atom. The molecule has 0 atom stereocenters. The van der Waals surface area contributed by atoms with Gasteiger partial charge in [0.05, 0.1) is 13.7 Å². The Kier molecular flexibility index (Phi) is 6.29. The van der Waals surface area contributed by atoms with Gasteiger partial charge >= 0.3 is 11.9 Å². The fourth-order valence-electron chi connectivity index (χ4n) is 1.59. The van der Waals surface area contributed by atoms with Crippen LogP contribution in [-0.4, -0.2) is 30.8 Å². The van der Waals surface area contributed by atoms with Crippen LogP contribution in [0.2, 0.25) is 0 Å². The second-order valence-electron chi connectivity index (χ2n) is 4.24. The van der Waals surface area contributed by atoms with Crippen LogP contribution in [0.1, 0.15) is 24.0 Å². The van der Waals surface area contributed by atoms with E-state index in [-0.39, 0.29) is 5.97 Å². The smallest absolute Gasteiger partial charge is 0.328 e. The van der Waals surface area contributed by atoms with Crippen molar-refractivity contribution in [2.45, 2.75) is 19.8 Å². The van der Waals surface area contributed by atoms with Gasteiger partial charge in [-0.2, -0.15) is 0 Å². The lowest BCUT2D eigenvalue weighted by atomic mass is 10.1. The number of carboxylic acids is 1. The number of carbonyl (C=O) groups excluding carboxylic acids is 1. The molecule has 0 aliphatic carbocycles. The van der Waals surface area contributed by atoms with Gasteiger partial charge in [0, 0.05) is 18.1 Å². The summed E-state index contributed by atoms with van der Waals surface area (Å²) in [6, 6.07) is 5.51. The summed E-state index contributed by atoms with van der Waals surface area (Å²) in [5.41, 5.74) is 1.71. The van der Waals surface area contributed by atoms with Gasteiger partial charge in [-0.05, 0) is 31.6 Å². The van der Waals surface area contributed by atoms with Crippen molar-refractivity contribution >= 4 is 18.0 Å². The first kappa shape index (κ1) is 15.8. The zero-order valence-corrected chi connectivity index (χ0v) is 11.6. The molecule has 0 aliphatic heterocycles. The van der Waals surface area contributed by atoms with Gasteiger partial charge in [0.1, 0.15) is 5.75 Å². The first-order chi connectivity index (χ1) is 9.52. The minimum Gasteiger partial charge on any atom is -0.493 e. The van der Waals surface area contributed by atoms with Gasteiger partial charge in [0.15, 0.2) is 0 Å². The molecular weight excluding hydrogens is 260 g/mol. The van der Waals surface area contributed by atoms with Crippen LogP contribution < -0.4 is 4.74 Å². The third-order valence-corrected chi connectivity index (χ3v) is 2.58. The van der Waals surface area contributed by atoms with E-state index >= 15 is 0 Å². The van der Waals surface area contributed by atoms with E-state index in [0.29, 0.717) is 30.8 Å². The number of ether oxygens (including phenoxy) is 2. The Morgan fingerprint density at radius 1 is 1.35 bits per heavy atom. The van der Waals surface area contributed by atoms with Gasteiger partial charge in [0.25, 0.3) is 0 Å². The molecular formula is C15H18O5. The standard InChI is InChI=1S/C15H18O5/c1-11-5-7-13(12(10-11)6-8-14(16)17)20-9-3-4-15(18)19-2/h5-8,10H,3-4,9H2,1-2H3,(H,16,17). The molecule has 5 nitrogen and oxygen atoms in total. The number of hydrogen-bond acceptors (Lipinski definition) is 4. The monoisotopic (exact) mass is 278 g/mol. The van der Waals surface area contributed by atoms with Crippen LogP contribution in [0.5, 0.6) is 5.75 Å². The van der Waals surface area contributed by atoms with Crippen LogP contribution in [0.25, 0.3) is 6.08 Å². The summed E-state index contributed by atoms with van der Waals surface area (Å²) in [7, 11) is 1.35. The Morgan fingerprint density at radius 3 is 2.75 bits per heavy atom. The molecule has 0 amide bonds. The number of methoxy groups -OCH3 is 1. The van der Waals surface area contributed by atoms with Crippen molar-refractivity contribution in [3.63, 3.8) is 0 Å². The van der Waals surface area contributed by atoms with Gasteiger partial charge in [-0.15, -0.1) is 0 Å². The van der Waals surface area contributed by atoms with Crippen molar-refractivity contribution in [1.29, 1.82) is 0 Å². The van der Waals surface area contributed by atoms with E-state index in [4.69, 9.17) is 9.84 Å². The normalized spacial score (nSPS) is 10.5. The van der Waals surface area contributed by atoms with Crippen molar-refractivity contribution < 1.29 is 24.2 Å². The highest BCUT2D eigenvalue weighted by molar-refractivity contribution is 5.86. The Hall–Kier alpha value is -2.30. The average molecular weight is 278 g/mol.